The van der Waals surface area contributed by atoms with Crippen molar-refractivity contribution in [3.8, 4) is 0 Å². The number of benzene rings is 1. The predicted molar refractivity (Wildman–Crippen MR) is 170 cm³/mol. The molecule has 1 amide bonds. The van der Waals surface area contributed by atoms with Crippen molar-refractivity contribution in [3.05, 3.63) is 95.0 Å². The number of aryl methyl sites for hydroxylation is 1. The van der Waals surface area contributed by atoms with Gasteiger partial charge in [0.2, 0.25) is 0 Å². The first-order valence-corrected chi connectivity index (χ1v) is 15.0. The van der Waals surface area contributed by atoms with Gasteiger partial charge in [0, 0.05) is 50.3 Å². The van der Waals surface area contributed by atoms with Crippen molar-refractivity contribution < 1.29 is 4.79 Å². The van der Waals surface area contributed by atoms with Gasteiger partial charge in [-0.1, -0.05) is 56.7 Å². The Labute approximate surface area is 243 Å². The molecule has 1 aromatic heterocycles. The van der Waals surface area contributed by atoms with Crippen LogP contribution < -0.4 is 4.90 Å². The second-order valence-electron chi connectivity index (χ2n) is 11.6. The minimum absolute atomic E-state index is 0.0261. The van der Waals surface area contributed by atoms with E-state index in [4.69, 9.17) is 0 Å². The van der Waals surface area contributed by atoms with Crippen LogP contribution in [-0.2, 0) is 6.54 Å². The third kappa shape index (κ3) is 9.19. The summed E-state index contributed by atoms with van der Waals surface area (Å²) in [4.78, 5) is 25.1. The van der Waals surface area contributed by atoms with Gasteiger partial charge in [0.1, 0.15) is 5.69 Å². The summed E-state index contributed by atoms with van der Waals surface area (Å²) in [7, 11) is 2.10. The lowest BCUT2D eigenvalue weighted by molar-refractivity contribution is 0.0540. The van der Waals surface area contributed by atoms with Gasteiger partial charge in [0.05, 0.1) is 0 Å². The number of allylic oxidation sites excluding steroid dienone is 5. The molecule has 1 aliphatic rings. The maximum Gasteiger partial charge on any atom is 0.272 e. The molecule has 0 radical (unpaired) electrons. The van der Waals surface area contributed by atoms with E-state index in [1.807, 2.05) is 26.0 Å². The lowest BCUT2D eigenvalue weighted by atomic mass is 10.0. The highest BCUT2D eigenvalue weighted by molar-refractivity contribution is 5.92. The fraction of sp³-hybridized carbons (Fsp3) is 0.486. The van der Waals surface area contributed by atoms with Crippen molar-refractivity contribution >= 4 is 11.6 Å². The van der Waals surface area contributed by atoms with Crippen molar-refractivity contribution in [2.24, 2.45) is 5.92 Å². The summed E-state index contributed by atoms with van der Waals surface area (Å²) in [5.41, 5.74) is 6.33. The summed E-state index contributed by atoms with van der Waals surface area (Å²) in [5.74, 6) is 0.741. The van der Waals surface area contributed by atoms with Crippen LogP contribution in [0.25, 0.3) is 0 Å². The molecule has 5 heteroatoms. The molecule has 0 bridgehead atoms. The molecule has 2 heterocycles. The zero-order valence-corrected chi connectivity index (χ0v) is 25.9. The first-order chi connectivity index (χ1) is 19.2. The van der Waals surface area contributed by atoms with Gasteiger partial charge >= 0.3 is 0 Å². The first-order valence-electron chi connectivity index (χ1n) is 15.0. The third-order valence-electron chi connectivity index (χ3n) is 7.91. The largest absolute Gasteiger partial charge is 0.345 e. The number of amides is 1. The van der Waals surface area contributed by atoms with E-state index in [-0.39, 0.29) is 11.9 Å². The quantitative estimate of drug-likeness (QED) is 0.257. The van der Waals surface area contributed by atoms with Gasteiger partial charge in [-0.3, -0.25) is 9.78 Å². The summed E-state index contributed by atoms with van der Waals surface area (Å²) in [5, 5.41) is 0. The number of aromatic nitrogens is 1. The molecular formula is C35H50N4O. The van der Waals surface area contributed by atoms with E-state index in [1.54, 1.807) is 6.20 Å². The maximum absolute atomic E-state index is 13.8. The average Bonchev–Trinajstić information content (AvgIpc) is 2.97. The Kier molecular flexibility index (Phi) is 12.2. The monoisotopic (exact) mass is 542 g/mol. The first kappa shape index (κ1) is 31.3. The summed E-state index contributed by atoms with van der Waals surface area (Å²) < 4.78 is 0. The average molecular weight is 543 g/mol. The zero-order chi connectivity index (χ0) is 29.1. The molecule has 0 spiro atoms. The second-order valence-corrected chi connectivity index (χ2v) is 11.6. The topological polar surface area (TPSA) is 39.7 Å². The van der Waals surface area contributed by atoms with E-state index in [0.717, 1.165) is 61.4 Å². The highest BCUT2D eigenvalue weighted by Gasteiger charge is 2.29. The van der Waals surface area contributed by atoms with Crippen LogP contribution in [-0.4, -0.2) is 53.4 Å². The molecule has 0 saturated carbocycles. The molecule has 1 aromatic carbocycles. The standard InChI is InChI=1S/C35H50N4O/c1-8-10-31(15-11-28(5)9-2)37(7)32-16-13-30(14-17-32)26-39(35(40)34-18-12-29(6)25-36-34)33-20-23-38(24-21-33)22-19-27(3)4/h8,10-18,25,27,33H,9,19-24,26H2,1-7H3/b10-8-,28-11+,31-15+. The normalized spacial score (nSPS) is 15.7. The summed E-state index contributed by atoms with van der Waals surface area (Å²) in [6, 6.07) is 12.7. The van der Waals surface area contributed by atoms with E-state index in [9.17, 15) is 4.79 Å². The summed E-state index contributed by atoms with van der Waals surface area (Å²) >= 11 is 0. The van der Waals surface area contributed by atoms with Crippen molar-refractivity contribution in [2.75, 3.05) is 31.6 Å². The fourth-order valence-corrected chi connectivity index (χ4v) is 4.97. The molecule has 1 fully saturated rings. The Hall–Kier alpha value is -3.18. The second kappa shape index (κ2) is 15.6. The minimum atomic E-state index is 0.0261. The van der Waals surface area contributed by atoms with Gasteiger partial charge in [-0.2, -0.15) is 0 Å². The van der Waals surface area contributed by atoms with E-state index in [0.29, 0.717) is 18.2 Å². The summed E-state index contributed by atoms with van der Waals surface area (Å²) in [6.45, 7) is 16.8. The fourth-order valence-electron chi connectivity index (χ4n) is 4.97. The van der Waals surface area contributed by atoms with Crippen molar-refractivity contribution in [2.45, 2.75) is 79.8 Å². The molecule has 0 unspecified atom stereocenters. The zero-order valence-electron chi connectivity index (χ0n) is 25.9. The Morgan fingerprint density at radius 2 is 1.80 bits per heavy atom. The number of likely N-dealkylation sites (tertiary alicyclic amines) is 1. The smallest absolute Gasteiger partial charge is 0.272 e. The number of nitrogens with zero attached hydrogens (tertiary/aromatic N) is 4. The number of rotatable bonds is 12. The predicted octanol–water partition coefficient (Wildman–Crippen LogP) is 7.80. The number of carbonyl (C=O) groups is 1. The Bertz CT molecular complexity index is 1150. The van der Waals surface area contributed by atoms with Gasteiger partial charge in [-0.25, -0.2) is 0 Å². The van der Waals surface area contributed by atoms with E-state index >= 15 is 0 Å². The van der Waals surface area contributed by atoms with Crippen LogP contribution in [0.4, 0.5) is 5.69 Å². The number of piperidine rings is 1. The minimum Gasteiger partial charge on any atom is -0.345 e. The van der Waals surface area contributed by atoms with E-state index < -0.39 is 0 Å². The van der Waals surface area contributed by atoms with Crippen molar-refractivity contribution in [1.29, 1.82) is 0 Å². The van der Waals surface area contributed by atoms with Crippen LogP contribution in [0.2, 0.25) is 0 Å². The van der Waals surface area contributed by atoms with Gasteiger partial charge in [-0.15, -0.1) is 0 Å². The lowest BCUT2D eigenvalue weighted by Gasteiger charge is -2.39. The van der Waals surface area contributed by atoms with Crippen LogP contribution in [0.1, 0.15) is 81.9 Å². The van der Waals surface area contributed by atoms with Crippen molar-refractivity contribution in [3.63, 3.8) is 0 Å². The molecule has 0 N–H and O–H groups in total. The molecule has 5 nitrogen and oxygen atoms in total. The summed E-state index contributed by atoms with van der Waals surface area (Å²) in [6.07, 6.45) is 14.6. The van der Waals surface area contributed by atoms with Gasteiger partial charge in [0.25, 0.3) is 5.91 Å². The van der Waals surface area contributed by atoms with E-state index in [2.05, 4.69) is 103 Å². The lowest BCUT2D eigenvalue weighted by Crippen LogP contribution is -2.47. The number of pyridine rings is 1. The van der Waals surface area contributed by atoms with Crippen LogP contribution in [0.15, 0.2) is 78.2 Å². The highest BCUT2D eigenvalue weighted by Crippen LogP contribution is 2.24. The number of hydrogen-bond acceptors (Lipinski definition) is 4. The van der Waals surface area contributed by atoms with Gasteiger partial charge < -0.3 is 14.7 Å². The number of anilines is 1. The molecule has 1 saturated heterocycles. The number of likely N-dealkylation sites (N-methyl/N-ethyl adjacent to an activating group) is 1. The highest BCUT2D eigenvalue weighted by atomic mass is 16.2. The van der Waals surface area contributed by atoms with Crippen molar-refractivity contribution in [1.82, 2.24) is 14.8 Å². The maximum atomic E-state index is 13.8. The molecule has 0 atom stereocenters. The van der Waals surface area contributed by atoms with E-state index in [1.165, 1.54) is 12.0 Å². The molecule has 40 heavy (non-hydrogen) atoms. The molecular weight excluding hydrogens is 492 g/mol. The van der Waals surface area contributed by atoms with Crippen LogP contribution in [0.5, 0.6) is 0 Å². The van der Waals surface area contributed by atoms with Gasteiger partial charge in [-0.05, 0) is 100 Å². The van der Waals surface area contributed by atoms with Crippen LogP contribution >= 0.6 is 0 Å². The molecule has 2 aromatic rings. The Balaban J connectivity index is 1.78. The molecule has 3 rings (SSSR count). The molecule has 1 aliphatic heterocycles. The number of hydrogen-bond donors (Lipinski definition) is 0. The SMILES string of the molecule is C\C=C/C(=C\C=C(/C)CC)N(C)c1ccc(CN(C(=O)c2ccc(C)cn2)C2CCN(CCC(C)C)CC2)cc1. The van der Waals surface area contributed by atoms with Gasteiger partial charge in [0.15, 0.2) is 0 Å². The van der Waals surface area contributed by atoms with Crippen LogP contribution in [0.3, 0.4) is 0 Å². The number of carbonyl (C=O) groups excluding carboxylic acids is 1. The molecule has 0 aliphatic carbocycles. The Morgan fingerprint density at radius 3 is 2.38 bits per heavy atom. The Morgan fingerprint density at radius 1 is 1.10 bits per heavy atom. The third-order valence-corrected chi connectivity index (χ3v) is 7.91. The molecule has 216 valence electrons. The van der Waals surface area contributed by atoms with Crippen LogP contribution in [0, 0.1) is 12.8 Å².